The summed E-state index contributed by atoms with van der Waals surface area (Å²) in [5, 5.41) is 11.9. The zero-order chi connectivity index (χ0) is 17.7. The molecule has 2 fully saturated rings. The lowest BCUT2D eigenvalue weighted by molar-refractivity contribution is 0.195. The maximum Gasteiger partial charge on any atom is 0.194 e. The van der Waals surface area contributed by atoms with Gasteiger partial charge in [0.15, 0.2) is 11.8 Å². The highest BCUT2D eigenvalue weighted by Gasteiger charge is 2.41. The number of aromatic nitrogens is 3. The molecule has 1 saturated carbocycles. The number of aliphatic imine (C=N–C) groups is 1. The van der Waals surface area contributed by atoms with Gasteiger partial charge in [-0.05, 0) is 38.0 Å². The minimum absolute atomic E-state index is 0. The molecule has 1 aliphatic heterocycles. The van der Waals surface area contributed by atoms with Crippen molar-refractivity contribution in [2.75, 3.05) is 33.4 Å². The first kappa shape index (κ1) is 21.4. The molecule has 1 aliphatic carbocycles. The van der Waals surface area contributed by atoms with Crippen LogP contribution in [0.15, 0.2) is 4.99 Å². The number of rotatable bonds is 6. The van der Waals surface area contributed by atoms with Crippen LogP contribution in [0.4, 0.5) is 0 Å². The van der Waals surface area contributed by atoms with Gasteiger partial charge >= 0.3 is 0 Å². The molecule has 1 N–H and O–H groups in total. The molecule has 0 aromatic carbocycles. The molecule has 148 valence electrons. The third-order valence-corrected chi connectivity index (χ3v) is 5.76. The third kappa shape index (κ3) is 5.09. The van der Waals surface area contributed by atoms with Crippen LogP contribution in [0, 0.1) is 12.3 Å². The smallest absolute Gasteiger partial charge is 0.194 e. The number of ether oxygens (including phenoxy) is 1. The Bertz CT molecular complexity index is 597. The summed E-state index contributed by atoms with van der Waals surface area (Å²) < 4.78 is 7.17. The monoisotopic (exact) mass is 476 g/mol. The molecule has 7 nitrogen and oxygen atoms in total. The van der Waals surface area contributed by atoms with Gasteiger partial charge in [0.25, 0.3) is 0 Å². The molecule has 0 amide bonds. The second kappa shape index (κ2) is 9.87. The number of halogens is 1. The summed E-state index contributed by atoms with van der Waals surface area (Å²) in [5.41, 5.74) is 0.538. The van der Waals surface area contributed by atoms with Crippen LogP contribution in [0.3, 0.4) is 0 Å². The first-order chi connectivity index (χ1) is 12.1. The molecule has 2 heterocycles. The molecule has 3 rings (SSSR count). The lowest BCUT2D eigenvalue weighted by Gasteiger charge is -2.26. The fourth-order valence-electron chi connectivity index (χ4n) is 4.07. The maximum atomic E-state index is 5.16. The minimum atomic E-state index is 0. The minimum Gasteiger partial charge on any atom is -0.385 e. The SMILES string of the molecule is COCCCNC(=NCc1nnc(C)n1C)N1CCC2(CCCC2)C1.I. The number of nitrogens with one attached hydrogen (secondary N) is 1. The summed E-state index contributed by atoms with van der Waals surface area (Å²) in [7, 11) is 3.74. The van der Waals surface area contributed by atoms with Gasteiger partial charge in [-0.15, -0.1) is 34.2 Å². The number of hydrogen-bond acceptors (Lipinski definition) is 4. The fraction of sp³-hybridized carbons (Fsp3) is 0.833. The lowest BCUT2D eigenvalue weighted by atomic mass is 9.86. The Morgan fingerprint density at radius 3 is 2.69 bits per heavy atom. The second-order valence-corrected chi connectivity index (χ2v) is 7.51. The van der Waals surface area contributed by atoms with Gasteiger partial charge in [0.2, 0.25) is 0 Å². The molecule has 0 radical (unpaired) electrons. The van der Waals surface area contributed by atoms with E-state index in [0.29, 0.717) is 12.0 Å². The molecule has 1 spiro atoms. The number of likely N-dealkylation sites (tertiary alicyclic amines) is 1. The van der Waals surface area contributed by atoms with Crippen LogP contribution in [0.2, 0.25) is 0 Å². The summed E-state index contributed by atoms with van der Waals surface area (Å²) >= 11 is 0. The van der Waals surface area contributed by atoms with Crippen molar-refractivity contribution in [3.63, 3.8) is 0 Å². The molecule has 8 heteroatoms. The highest BCUT2D eigenvalue weighted by Crippen LogP contribution is 2.45. The second-order valence-electron chi connectivity index (χ2n) is 7.51. The van der Waals surface area contributed by atoms with Gasteiger partial charge in [-0.25, -0.2) is 4.99 Å². The van der Waals surface area contributed by atoms with Crippen molar-refractivity contribution in [3.05, 3.63) is 11.6 Å². The van der Waals surface area contributed by atoms with E-state index in [0.717, 1.165) is 50.3 Å². The van der Waals surface area contributed by atoms with E-state index in [2.05, 4.69) is 20.4 Å². The Kier molecular flexibility index (Phi) is 8.12. The van der Waals surface area contributed by atoms with E-state index in [1.54, 1.807) is 7.11 Å². The fourth-order valence-corrected chi connectivity index (χ4v) is 4.07. The standard InChI is InChI=1S/C18H32N6O.HI/c1-15-21-22-16(23(15)2)13-20-17(19-10-6-12-25-3)24-11-9-18(14-24)7-4-5-8-18;/h4-14H2,1-3H3,(H,19,20);1H. The number of hydrogen-bond donors (Lipinski definition) is 1. The number of methoxy groups -OCH3 is 1. The molecule has 1 saturated heterocycles. The Labute approximate surface area is 174 Å². The van der Waals surface area contributed by atoms with Gasteiger partial charge in [0, 0.05) is 40.4 Å². The first-order valence-electron chi connectivity index (χ1n) is 9.51. The summed E-state index contributed by atoms with van der Waals surface area (Å²) in [6, 6.07) is 0. The third-order valence-electron chi connectivity index (χ3n) is 5.76. The number of guanidine groups is 1. The highest BCUT2D eigenvalue weighted by atomic mass is 127. The normalized spacial score (nSPS) is 19.2. The molecule has 1 aromatic rings. The van der Waals surface area contributed by atoms with E-state index in [1.807, 2.05) is 18.5 Å². The van der Waals surface area contributed by atoms with Crippen LogP contribution in [-0.4, -0.2) is 59.0 Å². The van der Waals surface area contributed by atoms with Gasteiger partial charge < -0.3 is 19.5 Å². The van der Waals surface area contributed by atoms with Gasteiger partial charge in [-0.3, -0.25) is 0 Å². The Balaban J connectivity index is 0.00000243. The van der Waals surface area contributed by atoms with Crippen molar-refractivity contribution in [1.29, 1.82) is 0 Å². The van der Waals surface area contributed by atoms with Crippen molar-refractivity contribution < 1.29 is 4.74 Å². The number of nitrogens with zero attached hydrogens (tertiary/aromatic N) is 5. The summed E-state index contributed by atoms with van der Waals surface area (Å²) in [4.78, 5) is 7.32. The van der Waals surface area contributed by atoms with Crippen LogP contribution < -0.4 is 5.32 Å². The zero-order valence-corrected chi connectivity index (χ0v) is 18.7. The van der Waals surface area contributed by atoms with Crippen molar-refractivity contribution in [2.45, 2.75) is 52.0 Å². The van der Waals surface area contributed by atoms with Crippen molar-refractivity contribution >= 4 is 29.9 Å². The van der Waals surface area contributed by atoms with Gasteiger partial charge in [-0.1, -0.05) is 12.8 Å². The highest BCUT2D eigenvalue weighted by molar-refractivity contribution is 14.0. The first-order valence-corrected chi connectivity index (χ1v) is 9.51. The molecular formula is C18H33IN6O. The van der Waals surface area contributed by atoms with E-state index in [1.165, 1.54) is 32.1 Å². The van der Waals surface area contributed by atoms with Crippen LogP contribution in [0.1, 0.15) is 50.2 Å². The van der Waals surface area contributed by atoms with Crippen molar-refractivity contribution in [2.24, 2.45) is 17.5 Å². The van der Waals surface area contributed by atoms with Crippen LogP contribution in [-0.2, 0) is 18.3 Å². The largest absolute Gasteiger partial charge is 0.385 e. The van der Waals surface area contributed by atoms with Crippen LogP contribution in [0.25, 0.3) is 0 Å². The van der Waals surface area contributed by atoms with Crippen LogP contribution >= 0.6 is 24.0 Å². The molecule has 1 aromatic heterocycles. The molecule has 0 bridgehead atoms. The Morgan fingerprint density at radius 1 is 1.27 bits per heavy atom. The molecular weight excluding hydrogens is 443 g/mol. The predicted molar refractivity (Wildman–Crippen MR) is 114 cm³/mol. The Morgan fingerprint density at radius 2 is 2.04 bits per heavy atom. The molecule has 26 heavy (non-hydrogen) atoms. The quantitative estimate of drug-likeness (QED) is 0.296. The van der Waals surface area contributed by atoms with E-state index in [9.17, 15) is 0 Å². The zero-order valence-electron chi connectivity index (χ0n) is 16.3. The number of aryl methyl sites for hydroxylation is 1. The van der Waals surface area contributed by atoms with Crippen molar-refractivity contribution in [1.82, 2.24) is 25.0 Å². The molecule has 0 atom stereocenters. The van der Waals surface area contributed by atoms with E-state index in [-0.39, 0.29) is 24.0 Å². The lowest BCUT2D eigenvalue weighted by Crippen LogP contribution is -2.41. The van der Waals surface area contributed by atoms with Gasteiger partial charge in [0.05, 0.1) is 0 Å². The maximum absolute atomic E-state index is 5.16. The van der Waals surface area contributed by atoms with Gasteiger partial charge in [-0.2, -0.15) is 0 Å². The van der Waals surface area contributed by atoms with Gasteiger partial charge in [0.1, 0.15) is 12.4 Å². The molecule has 0 unspecified atom stereocenters. The topological polar surface area (TPSA) is 67.6 Å². The van der Waals surface area contributed by atoms with Crippen molar-refractivity contribution in [3.8, 4) is 0 Å². The van der Waals surface area contributed by atoms with Crippen LogP contribution in [0.5, 0.6) is 0 Å². The van der Waals surface area contributed by atoms with E-state index >= 15 is 0 Å². The van der Waals surface area contributed by atoms with E-state index in [4.69, 9.17) is 9.73 Å². The van der Waals surface area contributed by atoms with E-state index < -0.39 is 0 Å². The average Bonchev–Trinajstić information content (AvgIpc) is 3.32. The average molecular weight is 476 g/mol. The molecule has 2 aliphatic rings. The summed E-state index contributed by atoms with van der Waals surface area (Å²) in [5.74, 6) is 2.84. The summed E-state index contributed by atoms with van der Waals surface area (Å²) in [6.45, 7) is 6.43. The predicted octanol–water partition coefficient (Wildman–Crippen LogP) is 2.49. The summed E-state index contributed by atoms with van der Waals surface area (Å²) in [6.07, 6.45) is 7.82. The Hall–Kier alpha value is -0.900.